The molecule has 2 aromatic heterocycles. The van der Waals surface area contributed by atoms with Crippen LogP contribution in [0.3, 0.4) is 0 Å². The Balaban J connectivity index is 1.75. The molecule has 162 valence electrons. The summed E-state index contributed by atoms with van der Waals surface area (Å²) in [6.45, 7) is 3.96. The molecule has 0 aliphatic rings. The van der Waals surface area contributed by atoms with E-state index in [0.29, 0.717) is 29.1 Å². The maximum Gasteiger partial charge on any atom is 0.262 e. The summed E-state index contributed by atoms with van der Waals surface area (Å²) < 4.78 is 11.4. The number of benzene rings is 2. The zero-order valence-electron chi connectivity index (χ0n) is 18.1. The molecule has 0 N–H and O–H groups in total. The lowest BCUT2D eigenvalue weighted by Gasteiger charge is -2.16. The molecule has 0 saturated heterocycles. The molecule has 2 heterocycles. The second-order valence-electron chi connectivity index (χ2n) is 7.75. The molecular formula is C23H27N5O2S. The first-order valence-corrected chi connectivity index (χ1v) is 10.9. The number of methoxy groups -OCH3 is 1. The van der Waals surface area contributed by atoms with Crippen molar-refractivity contribution in [1.29, 1.82) is 0 Å². The van der Waals surface area contributed by atoms with Gasteiger partial charge in [0.05, 0.1) is 24.7 Å². The fraction of sp³-hybridized carbons (Fsp3) is 0.348. The molecule has 8 heteroatoms. The van der Waals surface area contributed by atoms with Crippen molar-refractivity contribution in [3.8, 4) is 5.75 Å². The summed E-state index contributed by atoms with van der Waals surface area (Å²) in [5.41, 5.74) is 1.91. The Labute approximate surface area is 186 Å². The number of unbranched alkanes of at least 4 members (excludes halogenated alkanes) is 1. The molecular weight excluding hydrogens is 410 g/mol. The molecule has 4 aromatic rings. The normalized spacial score (nSPS) is 11.6. The van der Waals surface area contributed by atoms with Crippen LogP contribution < -0.4 is 10.3 Å². The lowest BCUT2D eigenvalue weighted by molar-refractivity contribution is 0.244. The van der Waals surface area contributed by atoms with E-state index in [4.69, 9.17) is 22.1 Å². The first-order chi connectivity index (χ1) is 15.0. The number of rotatable bonds is 8. The van der Waals surface area contributed by atoms with Crippen LogP contribution in [0.4, 0.5) is 0 Å². The summed E-state index contributed by atoms with van der Waals surface area (Å²) in [7, 11) is 3.69. The lowest BCUT2D eigenvalue weighted by atomic mass is 10.2. The number of para-hydroxylation sites is 1. The first kappa shape index (κ1) is 21.3. The van der Waals surface area contributed by atoms with Crippen LogP contribution in [0, 0.1) is 4.77 Å². The highest BCUT2D eigenvalue weighted by Crippen LogP contribution is 2.17. The van der Waals surface area contributed by atoms with Crippen LogP contribution in [-0.4, -0.2) is 37.8 Å². The molecule has 0 fully saturated rings. The molecule has 0 aliphatic heterocycles. The van der Waals surface area contributed by atoms with E-state index >= 15 is 0 Å². The van der Waals surface area contributed by atoms with Crippen molar-refractivity contribution in [2.45, 2.75) is 39.5 Å². The summed E-state index contributed by atoms with van der Waals surface area (Å²) >= 11 is 5.79. The largest absolute Gasteiger partial charge is 0.497 e. The number of nitrogens with zero attached hydrogens (tertiary/aromatic N) is 5. The smallest absolute Gasteiger partial charge is 0.262 e. The number of hydrogen-bond acceptors (Lipinski definition) is 5. The SMILES string of the molecule is CCCCn1c(=O)c2ccccc2n2c(=S)n(CN(C)Cc3cccc(OC)c3)nc12. The second-order valence-corrected chi connectivity index (χ2v) is 8.12. The van der Waals surface area contributed by atoms with E-state index in [1.54, 1.807) is 16.4 Å². The fourth-order valence-corrected chi connectivity index (χ4v) is 4.12. The third-order valence-electron chi connectivity index (χ3n) is 5.38. The van der Waals surface area contributed by atoms with Crippen molar-refractivity contribution in [3.05, 3.63) is 69.2 Å². The summed E-state index contributed by atoms with van der Waals surface area (Å²) in [4.78, 5) is 15.3. The Kier molecular flexibility index (Phi) is 6.20. The van der Waals surface area contributed by atoms with Crippen molar-refractivity contribution in [2.75, 3.05) is 14.2 Å². The number of hydrogen-bond donors (Lipinski definition) is 0. The van der Waals surface area contributed by atoms with E-state index in [9.17, 15) is 4.79 Å². The molecule has 0 radical (unpaired) electrons. The van der Waals surface area contributed by atoms with E-state index in [1.165, 1.54) is 0 Å². The van der Waals surface area contributed by atoms with E-state index < -0.39 is 0 Å². The summed E-state index contributed by atoms with van der Waals surface area (Å²) in [5.74, 6) is 1.43. The van der Waals surface area contributed by atoms with Crippen molar-refractivity contribution >= 4 is 28.9 Å². The van der Waals surface area contributed by atoms with Crippen LogP contribution in [0.2, 0.25) is 0 Å². The van der Waals surface area contributed by atoms with Crippen LogP contribution >= 0.6 is 12.2 Å². The van der Waals surface area contributed by atoms with Gasteiger partial charge in [0.1, 0.15) is 5.75 Å². The summed E-state index contributed by atoms with van der Waals surface area (Å²) in [5, 5.41) is 5.42. The van der Waals surface area contributed by atoms with Gasteiger partial charge in [0.2, 0.25) is 10.5 Å². The van der Waals surface area contributed by atoms with Crippen molar-refractivity contribution < 1.29 is 4.74 Å². The Hall–Kier alpha value is -2.97. The Bertz CT molecular complexity index is 1340. The molecule has 4 rings (SSSR count). The minimum absolute atomic E-state index is 0.0200. The number of aromatic nitrogens is 4. The van der Waals surface area contributed by atoms with Gasteiger partial charge in [0, 0.05) is 13.1 Å². The van der Waals surface area contributed by atoms with Gasteiger partial charge in [-0.2, -0.15) is 0 Å². The third kappa shape index (κ3) is 4.13. The Morgan fingerprint density at radius 3 is 2.74 bits per heavy atom. The van der Waals surface area contributed by atoms with Gasteiger partial charge in [-0.1, -0.05) is 37.6 Å². The lowest BCUT2D eigenvalue weighted by Crippen LogP contribution is -2.23. The molecule has 0 unspecified atom stereocenters. The van der Waals surface area contributed by atoms with Gasteiger partial charge in [-0.05, 0) is 55.5 Å². The van der Waals surface area contributed by atoms with Gasteiger partial charge < -0.3 is 4.74 Å². The molecule has 0 atom stereocenters. The predicted molar refractivity (Wildman–Crippen MR) is 125 cm³/mol. The molecule has 0 bridgehead atoms. The van der Waals surface area contributed by atoms with Crippen molar-refractivity contribution in [1.82, 2.24) is 23.6 Å². The topological polar surface area (TPSA) is 56.7 Å². The predicted octanol–water partition coefficient (Wildman–Crippen LogP) is 4.08. The Morgan fingerprint density at radius 2 is 1.97 bits per heavy atom. The van der Waals surface area contributed by atoms with Gasteiger partial charge in [0.15, 0.2) is 0 Å². The molecule has 0 spiro atoms. The van der Waals surface area contributed by atoms with E-state index in [0.717, 1.165) is 36.2 Å². The average molecular weight is 438 g/mol. The third-order valence-corrected chi connectivity index (χ3v) is 5.77. The maximum atomic E-state index is 13.1. The van der Waals surface area contributed by atoms with Crippen LogP contribution in [0.5, 0.6) is 5.75 Å². The molecule has 2 aromatic carbocycles. The van der Waals surface area contributed by atoms with Gasteiger partial charge in [-0.15, -0.1) is 5.10 Å². The molecule has 7 nitrogen and oxygen atoms in total. The number of ether oxygens (including phenoxy) is 1. The van der Waals surface area contributed by atoms with E-state index in [2.05, 4.69) is 17.9 Å². The van der Waals surface area contributed by atoms with Crippen LogP contribution in [-0.2, 0) is 19.8 Å². The van der Waals surface area contributed by atoms with Gasteiger partial charge in [-0.25, -0.2) is 4.68 Å². The fourth-order valence-electron chi connectivity index (χ4n) is 3.84. The Morgan fingerprint density at radius 1 is 1.16 bits per heavy atom. The zero-order chi connectivity index (χ0) is 22.0. The van der Waals surface area contributed by atoms with Crippen LogP contribution in [0.25, 0.3) is 16.7 Å². The van der Waals surface area contributed by atoms with Gasteiger partial charge >= 0.3 is 0 Å². The average Bonchev–Trinajstić information content (AvgIpc) is 3.09. The highest BCUT2D eigenvalue weighted by atomic mass is 32.1. The highest BCUT2D eigenvalue weighted by Gasteiger charge is 2.16. The summed E-state index contributed by atoms with van der Waals surface area (Å²) in [6, 6.07) is 15.6. The standard InChI is InChI=1S/C23H27N5O2S/c1-4-5-13-26-21(29)19-11-6-7-12-20(19)28-22(26)24-27(23(28)31)16-25(2)15-17-9-8-10-18(14-17)30-3/h6-12,14H,4-5,13,15-16H2,1-3H3. The molecule has 0 aliphatic carbocycles. The van der Waals surface area contributed by atoms with E-state index in [1.807, 2.05) is 53.9 Å². The minimum atomic E-state index is -0.0200. The quantitative estimate of drug-likeness (QED) is 0.389. The van der Waals surface area contributed by atoms with Crippen LogP contribution in [0.15, 0.2) is 53.3 Å². The van der Waals surface area contributed by atoms with E-state index in [-0.39, 0.29) is 5.56 Å². The van der Waals surface area contributed by atoms with Gasteiger partial charge in [0.25, 0.3) is 5.56 Å². The first-order valence-electron chi connectivity index (χ1n) is 10.5. The number of aryl methyl sites for hydroxylation is 1. The van der Waals surface area contributed by atoms with Crippen molar-refractivity contribution in [2.24, 2.45) is 0 Å². The molecule has 0 saturated carbocycles. The van der Waals surface area contributed by atoms with Crippen molar-refractivity contribution in [3.63, 3.8) is 0 Å². The van der Waals surface area contributed by atoms with Crippen LogP contribution in [0.1, 0.15) is 25.3 Å². The maximum absolute atomic E-state index is 13.1. The highest BCUT2D eigenvalue weighted by molar-refractivity contribution is 7.71. The zero-order valence-corrected chi connectivity index (χ0v) is 18.9. The molecule has 0 amide bonds. The summed E-state index contributed by atoms with van der Waals surface area (Å²) in [6.07, 6.45) is 1.90. The molecule has 31 heavy (non-hydrogen) atoms. The number of fused-ring (bicyclic) bond motifs is 3. The van der Waals surface area contributed by atoms with Gasteiger partial charge in [-0.3, -0.25) is 18.7 Å². The minimum Gasteiger partial charge on any atom is -0.497 e. The monoisotopic (exact) mass is 437 g/mol. The second kappa shape index (κ2) is 9.03.